The zero-order valence-corrected chi connectivity index (χ0v) is 16.1. The van der Waals surface area contributed by atoms with Gasteiger partial charge in [-0.25, -0.2) is 8.42 Å². The van der Waals surface area contributed by atoms with E-state index in [1.54, 1.807) is 32.9 Å². The highest BCUT2D eigenvalue weighted by atomic mass is 32.2. The number of nitrogens with one attached hydrogen (secondary N) is 1. The van der Waals surface area contributed by atoms with Gasteiger partial charge in [-0.15, -0.1) is 0 Å². The number of rotatable bonds is 8. The normalized spacial score (nSPS) is 13.5. The van der Waals surface area contributed by atoms with E-state index in [2.05, 4.69) is 11.6 Å². The molecule has 1 atom stereocenters. The highest BCUT2D eigenvalue weighted by molar-refractivity contribution is 7.89. The van der Waals surface area contributed by atoms with Crippen LogP contribution < -0.4 is 4.72 Å². The Morgan fingerprint density at radius 1 is 1.17 bits per heavy atom. The fraction of sp³-hybridized carbons (Fsp3) is 0.611. The summed E-state index contributed by atoms with van der Waals surface area (Å²) in [5.41, 5.74) is 0.315. The van der Waals surface area contributed by atoms with Gasteiger partial charge in [-0.2, -0.15) is 4.72 Å². The molecule has 1 unspecified atom stereocenters. The highest BCUT2D eigenvalue weighted by Gasteiger charge is 2.29. The second kappa shape index (κ2) is 8.62. The van der Waals surface area contributed by atoms with E-state index in [9.17, 15) is 13.2 Å². The summed E-state index contributed by atoms with van der Waals surface area (Å²) in [6.07, 6.45) is 3.11. The van der Waals surface area contributed by atoms with Crippen LogP contribution in [0.1, 0.15) is 58.9 Å². The van der Waals surface area contributed by atoms with Crippen molar-refractivity contribution in [3.05, 3.63) is 29.8 Å². The van der Waals surface area contributed by atoms with Crippen molar-refractivity contribution in [1.82, 2.24) is 4.72 Å². The number of ether oxygens (including phenoxy) is 1. The number of esters is 1. The van der Waals surface area contributed by atoms with Crippen molar-refractivity contribution in [3.63, 3.8) is 0 Å². The lowest BCUT2D eigenvalue weighted by atomic mass is 10.1. The number of sulfonamides is 1. The number of aryl methyl sites for hydroxylation is 1. The summed E-state index contributed by atoms with van der Waals surface area (Å²) in [4.78, 5) is 12.5. The van der Waals surface area contributed by atoms with Crippen LogP contribution in [0.4, 0.5) is 0 Å². The Morgan fingerprint density at radius 2 is 1.75 bits per heavy atom. The van der Waals surface area contributed by atoms with Crippen molar-refractivity contribution >= 4 is 16.0 Å². The van der Waals surface area contributed by atoms with Crippen molar-refractivity contribution in [2.75, 3.05) is 0 Å². The number of benzene rings is 1. The molecule has 136 valence electrons. The van der Waals surface area contributed by atoms with Crippen LogP contribution in [-0.4, -0.2) is 26.0 Å². The van der Waals surface area contributed by atoms with Gasteiger partial charge < -0.3 is 4.74 Å². The second-order valence-electron chi connectivity index (χ2n) is 7.02. The van der Waals surface area contributed by atoms with Crippen LogP contribution in [0, 0.1) is 6.92 Å². The lowest BCUT2D eigenvalue weighted by Gasteiger charge is -2.24. The fourth-order valence-electron chi connectivity index (χ4n) is 2.17. The summed E-state index contributed by atoms with van der Waals surface area (Å²) >= 11 is 0. The molecule has 1 aromatic rings. The Kier molecular flexibility index (Phi) is 7.42. The minimum atomic E-state index is -3.76. The van der Waals surface area contributed by atoms with E-state index in [4.69, 9.17) is 4.74 Å². The first-order valence-corrected chi connectivity index (χ1v) is 9.85. The second-order valence-corrected chi connectivity index (χ2v) is 8.73. The summed E-state index contributed by atoms with van der Waals surface area (Å²) in [6, 6.07) is 5.66. The third-order valence-electron chi connectivity index (χ3n) is 3.42. The van der Waals surface area contributed by atoms with Gasteiger partial charge in [-0.1, -0.05) is 43.9 Å². The molecule has 1 N–H and O–H groups in total. The highest BCUT2D eigenvalue weighted by Crippen LogP contribution is 2.16. The summed E-state index contributed by atoms with van der Waals surface area (Å²) in [7, 11) is -3.76. The number of carbonyl (C=O) groups excluding carboxylic acids is 1. The molecule has 0 saturated heterocycles. The molecule has 5 nitrogen and oxygen atoms in total. The smallest absolute Gasteiger partial charge is 0.324 e. The minimum absolute atomic E-state index is 0.150. The van der Waals surface area contributed by atoms with Gasteiger partial charge in [0, 0.05) is 0 Å². The Bertz CT molecular complexity index is 630. The molecule has 0 aliphatic rings. The van der Waals surface area contributed by atoms with Crippen LogP contribution in [0.2, 0.25) is 0 Å². The lowest BCUT2D eigenvalue weighted by molar-refractivity contribution is -0.157. The van der Waals surface area contributed by atoms with Crippen molar-refractivity contribution in [3.8, 4) is 0 Å². The first-order chi connectivity index (χ1) is 11.0. The lowest BCUT2D eigenvalue weighted by Crippen LogP contribution is -2.44. The van der Waals surface area contributed by atoms with Gasteiger partial charge in [-0.05, 0) is 46.2 Å². The predicted octanol–water partition coefficient (Wildman–Crippen LogP) is 3.56. The molecule has 0 aromatic heterocycles. The maximum atomic E-state index is 12.5. The summed E-state index contributed by atoms with van der Waals surface area (Å²) in [6.45, 7) is 9.24. The monoisotopic (exact) mass is 355 g/mol. The standard InChI is InChI=1S/C18H29NO4S/c1-6-7-8-9-16(17(20)23-18(3,4)5)19-24(21,22)15-12-10-14(2)11-13-15/h10-13,16,19H,6-9H2,1-5H3. The number of hydrogen-bond acceptors (Lipinski definition) is 4. The molecular weight excluding hydrogens is 326 g/mol. The van der Waals surface area contributed by atoms with Gasteiger partial charge in [0.25, 0.3) is 0 Å². The average molecular weight is 356 g/mol. The Balaban J connectivity index is 2.93. The average Bonchev–Trinajstić information content (AvgIpc) is 2.45. The summed E-state index contributed by atoms with van der Waals surface area (Å²) in [5, 5.41) is 0. The fourth-order valence-corrected chi connectivity index (χ4v) is 3.39. The third kappa shape index (κ3) is 7.01. The third-order valence-corrected chi connectivity index (χ3v) is 4.90. The molecule has 0 aliphatic carbocycles. The molecule has 24 heavy (non-hydrogen) atoms. The largest absolute Gasteiger partial charge is 0.459 e. The van der Waals surface area contributed by atoms with Crippen LogP contribution in [0.5, 0.6) is 0 Å². The van der Waals surface area contributed by atoms with E-state index in [1.165, 1.54) is 12.1 Å². The number of unbranched alkanes of at least 4 members (excludes halogenated alkanes) is 2. The molecule has 6 heteroatoms. The van der Waals surface area contributed by atoms with Crippen LogP contribution in [-0.2, 0) is 19.6 Å². The van der Waals surface area contributed by atoms with E-state index in [0.717, 1.165) is 24.8 Å². The van der Waals surface area contributed by atoms with Crippen molar-refractivity contribution < 1.29 is 17.9 Å². The van der Waals surface area contributed by atoms with Crippen molar-refractivity contribution in [2.45, 2.75) is 76.8 Å². The molecule has 0 heterocycles. The zero-order valence-electron chi connectivity index (χ0n) is 15.3. The first-order valence-electron chi connectivity index (χ1n) is 8.37. The minimum Gasteiger partial charge on any atom is -0.459 e. The first kappa shape index (κ1) is 20.6. The van der Waals surface area contributed by atoms with E-state index >= 15 is 0 Å². The molecule has 0 bridgehead atoms. The molecule has 0 amide bonds. The topological polar surface area (TPSA) is 72.5 Å². The molecule has 0 aliphatic heterocycles. The van der Waals surface area contributed by atoms with Crippen LogP contribution in [0.25, 0.3) is 0 Å². The molecular formula is C18H29NO4S. The van der Waals surface area contributed by atoms with Crippen molar-refractivity contribution in [2.24, 2.45) is 0 Å². The molecule has 0 fully saturated rings. The predicted molar refractivity (Wildman–Crippen MR) is 95.3 cm³/mol. The Labute approximate surface area is 145 Å². The molecule has 1 rings (SSSR count). The van der Waals surface area contributed by atoms with E-state index in [0.29, 0.717) is 6.42 Å². The van der Waals surface area contributed by atoms with Gasteiger partial charge >= 0.3 is 5.97 Å². The van der Waals surface area contributed by atoms with Crippen LogP contribution in [0.3, 0.4) is 0 Å². The van der Waals surface area contributed by atoms with Crippen LogP contribution in [0.15, 0.2) is 29.2 Å². The van der Waals surface area contributed by atoms with Gasteiger partial charge in [-0.3, -0.25) is 4.79 Å². The summed E-state index contributed by atoms with van der Waals surface area (Å²) in [5.74, 6) is -0.533. The van der Waals surface area contributed by atoms with Gasteiger partial charge in [0.1, 0.15) is 11.6 Å². The van der Waals surface area contributed by atoms with E-state index in [1.807, 2.05) is 6.92 Å². The molecule has 0 saturated carbocycles. The van der Waals surface area contributed by atoms with Gasteiger partial charge in [0.2, 0.25) is 10.0 Å². The van der Waals surface area contributed by atoms with Gasteiger partial charge in [0.15, 0.2) is 0 Å². The van der Waals surface area contributed by atoms with Gasteiger partial charge in [0.05, 0.1) is 4.90 Å². The SMILES string of the molecule is CCCCCC(NS(=O)(=O)c1ccc(C)cc1)C(=O)OC(C)(C)C. The maximum absolute atomic E-state index is 12.5. The molecule has 1 aromatic carbocycles. The number of hydrogen-bond donors (Lipinski definition) is 1. The Morgan fingerprint density at radius 3 is 2.25 bits per heavy atom. The van der Waals surface area contributed by atoms with Crippen LogP contribution >= 0.6 is 0 Å². The maximum Gasteiger partial charge on any atom is 0.324 e. The van der Waals surface area contributed by atoms with E-state index < -0.39 is 27.6 Å². The van der Waals surface area contributed by atoms with E-state index in [-0.39, 0.29) is 4.90 Å². The van der Waals surface area contributed by atoms with Crippen molar-refractivity contribution in [1.29, 1.82) is 0 Å². The molecule has 0 spiro atoms. The number of carbonyl (C=O) groups is 1. The molecule has 0 radical (unpaired) electrons. The quantitative estimate of drug-likeness (QED) is 0.571. The summed E-state index contributed by atoms with van der Waals surface area (Å²) < 4.78 is 32.9. The zero-order chi connectivity index (χ0) is 18.4. The Hall–Kier alpha value is -1.40.